The molecule has 1 aliphatic heterocycles. The zero-order valence-electron chi connectivity index (χ0n) is 10.5. The van der Waals surface area contributed by atoms with E-state index in [1.54, 1.807) is 41.3 Å². The molecular formula is C13H13N3OS2. The van der Waals surface area contributed by atoms with Gasteiger partial charge >= 0.3 is 0 Å². The van der Waals surface area contributed by atoms with Gasteiger partial charge in [0.1, 0.15) is 0 Å². The Morgan fingerprint density at radius 1 is 1.53 bits per heavy atom. The molecule has 0 spiro atoms. The van der Waals surface area contributed by atoms with Gasteiger partial charge in [0, 0.05) is 37.4 Å². The minimum Gasteiger partial charge on any atom is -0.290 e. The van der Waals surface area contributed by atoms with Crippen molar-refractivity contribution in [2.24, 2.45) is 7.05 Å². The van der Waals surface area contributed by atoms with Crippen LogP contribution in [0.25, 0.3) is 0 Å². The number of thioether (sulfide) groups is 2. The number of fused-ring (bicyclic) bond motifs is 1. The van der Waals surface area contributed by atoms with Gasteiger partial charge in [-0.05, 0) is 11.6 Å². The monoisotopic (exact) mass is 291 g/mol. The van der Waals surface area contributed by atoms with Crippen LogP contribution in [0, 0.1) is 0 Å². The van der Waals surface area contributed by atoms with Crippen LogP contribution in [0.3, 0.4) is 0 Å². The molecule has 98 valence electrons. The molecule has 3 rings (SSSR count). The van der Waals surface area contributed by atoms with E-state index in [1.165, 1.54) is 0 Å². The van der Waals surface area contributed by atoms with Crippen molar-refractivity contribution < 1.29 is 0 Å². The van der Waals surface area contributed by atoms with E-state index >= 15 is 0 Å². The molecule has 0 aliphatic carbocycles. The minimum absolute atomic E-state index is 0.0844. The van der Waals surface area contributed by atoms with E-state index < -0.39 is 0 Å². The van der Waals surface area contributed by atoms with Gasteiger partial charge in [0.25, 0.3) is 5.56 Å². The van der Waals surface area contributed by atoms with E-state index in [4.69, 9.17) is 0 Å². The number of aryl methyl sites for hydroxylation is 1. The fourth-order valence-corrected chi connectivity index (χ4v) is 3.92. The van der Waals surface area contributed by atoms with Crippen molar-refractivity contribution in [3.8, 4) is 0 Å². The molecule has 0 unspecified atom stereocenters. The largest absolute Gasteiger partial charge is 0.290 e. The summed E-state index contributed by atoms with van der Waals surface area (Å²) in [5.41, 5.74) is 2.18. The summed E-state index contributed by atoms with van der Waals surface area (Å²) in [5.74, 6) is 1.74. The Morgan fingerprint density at radius 2 is 2.42 bits per heavy atom. The van der Waals surface area contributed by atoms with Crippen LogP contribution in [0.2, 0.25) is 0 Å². The van der Waals surface area contributed by atoms with Crippen molar-refractivity contribution in [3.05, 3.63) is 46.1 Å². The van der Waals surface area contributed by atoms with Gasteiger partial charge in [-0.2, -0.15) is 0 Å². The highest BCUT2D eigenvalue weighted by Crippen LogP contribution is 2.29. The third kappa shape index (κ3) is 2.55. The van der Waals surface area contributed by atoms with Gasteiger partial charge in [-0.3, -0.25) is 14.3 Å². The maximum absolute atomic E-state index is 12.2. The van der Waals surface area contributed by atoms with E-state index in [0.29, 0.717) is 0 Å². The number of nitrogens with zero attached hydrogens (tertiary/aromatic N) is 3. The van der Waals surface area contributed by atoms with Crippen molar-refractivity contribution >= 4 is 23.5 Å². The Kier molecular flexibility index (Phi) is 3.61. The molecule has 0 N–H and O–H groups in total. The highest BCUT2D eigenvalue weighted by molar-refractivity contribution is 7.99. The molecule has 0 fully saturated rings. The molecule has 3 heterocycles. The molecule has 0 aromatic carbocycles. The van der Waals surface area contributed by atoms with Crippen molar-refractivity contribution in [1.29, 1.82) is 0 Å². The molecule has 2 aromatic heterocycles. The van der Waals surface area contributed by atoms with Crippen LogP contribution in [0.5, 0.6) is 0 Å². The summed E-state index contributed by atoms with van der Waals surface area (Å²) in [5, 5.41) is 0.787. The van der Waals surface area contributed by atoms with Gasteiger partial charge in [0.15, 0.2) is 5.16 Å². The summed E-state index contributed by atoms with van der Waals surface area (Å²) in [6.07, 6.45) is 4.50. The fourth-order valence-electron chi connectivity index (χ4n) is 1.93. The quantitative estimate of drug-likeness (QED) is 0.640. The van der Waals surface area contributed by atoms with Crippen molar-refractivity contribution in [2.45, 2.75) is 22.2 Å². The first-order valence-corrected chi connectivity index (χ1v) is 7.97. The maximum atomic E-state index is 12.2. The van der Waals surface area contributed by atoms with Gasteiger partial charge < -0.3 is 0 Å². The molecule has 0 amide bonds. The Bertz CT molecular complexity index is 655. The van der Waals surface area contributed by atoms with E-state index in [-0.39, 0.29) is 5.56 Å². The standard InChI is InChI=1S/C13H13N3OS2/c1-16-12(17)11-10(4-6-18-11)15-13(16)19-8-9-3-2-5-14-7-9/h2-3,5,7H,4,6,8H2,1H3. The van der Waals surface area contributed by atoms with Crippen LogP contribution in [0.1, 0.15) is 11.3 Å². The Labute approximate surface area is 119 Å². The lowest BCUT2D eigenvalue weighted by atomic mass is 10.3. The lowest BCUT2D eigenvalue weighted by Gasteiger charge is -2.08. The van der Waals surface area contributed by atoms with Crippen LogP contribution >= 0.6 is 23.5 Å². The van der Waals surface area contributed by atoms with Crippen LogP contribution < -0.4 is 5.56 Å². The maximum Gasteiger partial charge on any atom is 0.267 e. The third-order valence-electron chi connectivity index (χ3n) is 2.95. The summed E-state index contributed by atoms with van der Waals surface area (Å²) in [6.45, 7) is 0. The average Bonchev–Trinajstić information content (AvgIpc) is 2.91. The van der Waals surface area contributed by atoms with Gasteiger partial charge in [-0.15, -0.1) is 11.8 Å². The van der Waals surface area contributed by atoms with Gasteiger partial charge in [-0.25, -0.2) is 4.98 Å². The molecule has 2 aromatic rings. The van der Waals surface area contributed by atoms with E-state index in [2.05, 4.69) is 9.97 Å². The first kappa shape index (κ1) is 12.7. The zero-order valence-corrected chi connectivity index (χ0v) is 12.1. The summed E-state index contributed by atoms with van der Waals surface area (Å²) >= 11 is 3.20. The predicted molar refractivity (Wildman–Crippen MR) is 77.7 cm³/mol. The minimum atomic E-state index is 0.0844. The van der Waals surface area contributed by atoms with Crippen molar-refractivity contribution in [2.75, 3.05) is 5.75 Å². The molecule has 0 atom stereocenters. The molecule has 6 heteroatoms. The summed E-state index contributed by atoms with van der Waals surface area (Å²) < 4.78 is 1.65. The third-order valence-corrected chi connectivity index (χ3v) is 5.16. The predicted octanol–water partition coefficient (Wildman–Crippen LogP) is 2.12. The van der Waals surface area contributed by atoms with Crippen LogP contribution in [0.15, 0.2) is 39.4 Å². The second-order valence-electron chi connectivity index (χ2n) is 4.28. The average molecular weight is 291 g/mol. The lowest BCUT2D eigenvalue weighted by molar-refractivity contribution is 0.669. The second kappa shape index (κ2) is 5.38. The van der Waals surface area contributed by atoms with Gasteiger partial charge in [-0.1, -0.05) is 17.8 Å². The number of rotatable bonds is 3. The number of aromatic nitrogens is 3. The highest BCUT2D eigenvalue weighted by atomic mass is 32.2. The number of hydrogen-bond donors (Lipinski definition) is 0. The van der Waals surface area contributed by atoms with Crippen LogP contribution in [0.4, 0.5) is 0 Å². The molecular weight excluding hydrogens is 278 g/mol. The lowest BCUT2D eigenvalue weighted by Crippen LogP contribution is -2.22. The van der Waals surface area contributed by atoms with Crippen molar-refractivity contribution in [1.82, 2.24) is 14.5 Å². The Morgan fingerprint density at radius 3 is 3.21 bits per heavy atom. The number of pyridine rings is 1. The highest BCUT2D eigenvalue weighted by Gasteiger charge is 2.20. The fraction of sp³-hybridized carbons (Fsp3) is 0.308. The summed E-state index contributed by atoms with van der Waals surface area (Å²) in [4.78, 5) is 21.7. The summed E-state index contributed by atoms with van der Waals surface area (Å²) in [7, 11) is 1.79. The first-order valence-electron chi connectivity index (χ1n) is 6.00. The first-order chi connectivity index (χ1) is 9.25. The molecule has 19 heavy (non-hydrogen) atoms. The Balaban J connectivity index is 1.86. The topological polar surface area (TPSA) is 47.8 Å². The molecule has 1 aliphatic rings. The molecule has 0 bridgehead atoms. The molecule has 4 nitrogen and oxygen atoms in total. The van der Waals surface area contributed by atoms with Gasteiger partial charge in [0.2, 0.25) is 0 Å². The smallest absolute Gasteiger partial charge is 0.267 e. The van der Waals surface area contributed by atoms with E-state index in [0.717, 1.165) is 39.2 Å². The number of hydrogen-bond acceptors (Lipinski definition) is 5. The van der Waals surface area contributed by atoms with E-state index in [9.17, 15) is 4.79 Å². The molecule has 0 radical (unpaired) electrons. The van der Waals surface area contributed by atoms with Gasteiger partial charge in [0.05, 0.1) is 10.6 Å². The molecule has 0 saturated carbocycles. The van der Waals surface area contributed by atoms with E-state index in [1.807, 2.05) is 18.3 Å². The van der Waals surface area contributed by atoms with Crippen molar-refractivity contribution in [3.63, 3.8) is 0 Å². The van der Waals surface area contributed by atoms with Crippen LogP contribution in [-0.4, -0.2) is 20.3 Å². The normalized spacial score (nSPS) is 13.5. The van der Waals surface area contributed by atoms with Crippen LogP contribution in [-0.2, 0) is 19.2 Å². The second-order valence-corrected chi connectivity index (χ2v) is 6.33. The summed E-state index contributed by atoms with van der Waals surface area (Å²) in [6, 6.07) is 3.95. The SMILES string of the molecule is Cn1c(SCc2cccnc2)nc2c(c1=O)SCC2. The zero-order chi connectivity index (χ0) is 13.2. The molecule has 0 saturated heterocycles. The Hall–Kier alpha value is -1.27.